The van der Waals surface area contributed by atoms with Crippen molar-refractivity contribution < 1.29 is 83.7 Å². The van der Waals surface area contributed by atoms with Gasteiger partial charge in [0.05, 0.1) is 12.0 Å². The van der Waals surface area contributed by atoms with Crippen LogP contribution in [-0.2, 0) is 14.4 Å². The molecule has 0 aliphatic carbocycles. The Hall–Kier alpha value is 0.410. The van der Waals surface area contributed by atoms with E-state index in [2.05, 4.69) is 12.2 Å². The number of carbonyl (C=O) groups excluding carboxylic acids is 3. The molecule has 0 rings (SSSR count). The maximum Gasteiger partial charge on any atom is 1.00 e. The quantitative estimate of drug-likeness (QED) is 0.211. The Morgan fingerprint density at radius 2 is 1.19 bits per heavy atom. The third-order valence-electron chi connectivity index (χ3n) is 4.00. The van der Waals surface area contributed by atoms with Crippen LogP contribution in [0.2, 0.25) is 0 Å². The summed E-state index contributed by atoms with van der Waals surface area (Å²) in [6, 6.07) is -1.52. The van der Waals surface area contributed by atoms with Gasteiger partial charge in [-0.2, -0.15) is 0 Å². The molecule has 1 amide bonds. The third-order valence-corrected chi connectivity index (χ3v) is 4.00. The van der Waals surface area contributed by atoms with E-state index in [-0.39, 0.29) is 65.5 Å². The van der Waals surface area contributed by atoms with Gasteiger partial charge in [-0.05, 0) is 6.42 Å². The normalized spacial score (nSPS) is 11.0. The number of hydrogen-bond acceptors (Lipinski definition) is 5. The molecular weight excluding hydrogens is 356 g/mol. The number of carboxylic acids is 2. The van der Waals surface area contributed by atoms with Crippen molar-refractivity contribution in [3.05, 3.63) is 0 Å². The van der Waals surface area contributed by atoms with Crippen LogP contribution in [0.1, 0.15) is 90.4 Å². The van der Waals surface area contributed by atoms with Gasteiger partial charge in [0, 0.05) is 18.8 Å². The van der Waals surface area contributed by atoms with Crippen molar-refractivity contribution in [2.45, 2.75) is 96.4 Å². The van der Waals surface area contributed by atoms with Crippen molar-refractivity contribution in [2.75, 3.05) is 0 Å². The molecule has 26 heavy (non-hydrogen) atoms. The van der Waals surface area contributed by atoms with Gasteiger partial charge in [-0.1, -0.05) is 71.1 Å². The minimum absolute atomic E-state index is 0. The summed E-state index contributed by atoms with van der Waals surface area (Å²) < 4.78 is 0. The molecule has 0 aromatic heterocycles. The minimum atomic E-state index is -1.61. The minimum Gasteiger partial charge on any atom is -0.550 e. The van der Waals surface area contributed by atoms with E-state index in [0.29, 0.717) is 6.42 Å². The van der Waals surface area contributed by atoms with Crippen molar-refractivity contribution in [1.29, 1.82) is 0 Å². The van der Waals surface area contributed by atoms with Crippen LogP contribution in [0, 0.1) is 0 Å². The summed E-state index contributed by atoms with van der Waals surface area (Å²) in [6.45, 7) is 2.21. The van der Waals surface area contributed by atoms with E-state index in [4.69, 9.17) is 0 Å². The summed E-state index contributed by atoms with van der Waals surface area (Å²) in [5.74, 6) is -3.59. The first-order valence-corrected chi connectivity index (χ1v) is 9.17. The van der Waals surface area contributed by atoms with E-state index in [9.17, 15) is 24.6 Å². The number of rotatable bonds is 16. The largest absolute Gasteiger partial charge is 1.00 e. The van der Waals surface area contributed by atoms with Crippen LogP contribution in [0.3, 0.4) is 0 Å². The molecule has 0 aromatic carbocycles. The van der Waals surface area contributed by atoms with Crippen molar-refractivity contribution in [2.24, 2.45) is 0 Å². The van der Waals surface area contributed by atoms with Gasteiger partial charge in [0.2, 0.25) is 5.91 Å². The van der Waals surface area contributed by atoms with E-state index >= 15 is 0 Å². The molecule has 0 spiro atoms. The topological polar surface area (TPSA) is 109 Å². The second kappa shape index (κ2) is 21.7. The van der Waals surface area contributed by atoms with Crippen LogP contribution in [0.4, 0.5) is 0 Å². The van der Waals surface area contributed by atoms with Crippen LogP contribution < -0.4 is 74.6 Å². The van der Waals surface area contributed by atoms with Crippen molar-refractivity contribution in [1.82, 2.24) is 5.32 Å². The number of carboxylic acid groups (broad SMARTS) is 2. The molecule has 140 valence electrons. The Bertz CT molecular complexity index is 381. The van der Waals surface area contributed by atoms with Gasteiger partial charge in [0.1, 0.15) is 0 Å². The van der Waals surface area contributed by atoms with Crippen molar-refractivity contribution in [3.8, 4) is 0 Å². The van der Waals surface area contributed by atoms with Gasteiger partial charge in [-0.15, -0.1) is 0 Å². The maximum atomic E-state index is 11.6. The van der Waals surface area contributed by atoms with Crippen LogP contribution >= 0.6 is 0 Å². The second-order valence-corrected chi connectivity index (χ2v) is 6.30. The van der Waals surface area contributed by atoms with E-state index in [1.807, 2.05) is 0 Å². The number of carbonyl (C=O) groups is 3. The standard InChI is InChI=1S/C18H33NO5.2Na/c1-2-3-4-5-6-7-8-9-10-11-12-13-16(20)19-15(18(23)24)14-17(21)22;;/h15H,2-14H2,1H3,(H,19,20)(H,21,22)(H,23,24);;/q;2*+1/p-2/t15-;;/m0../s1. The SMILES string of the molecule is CCCCCCCCCCCCCC(=O)N[C@@H](CC(=O)[O-])C(=O)[O-].[Na+].[Na+]. The van der Waals surface area contributed by atoms with Gasteiger partial charge in [-0.3, -0.25) is 4.79 Å². The fraction of sp³-hybridized carbons (Fsp3) is 0.833. The maximum absolute atomic E-state index is 11.6. The summed E-state index contributed by atoms with van der Waals surface area (Å²) in [6.07, 6.45) is 12.3. The number of aliphatic carboxylic acids is 2. The molecule has 0 saturated heterocycles. The molecular formula is C18H31NNa2O5. The van der Waals surface area contributed by atoms with Gasteiger partial charge < -0.3 is 25.1 Å². The first kappa shape index (κ1) is 31.1. The van der Waals surface area contributed by atoms with E-state index in [0.717, 1.165) is 19.3 Å². The number of amides is 1. The molecule has 6 nitrogen and oxygen atoms in total. The van der Waals surface area contributed by atoms with E-state index in [1.165, 1.54) is 44.9 Å². The molecule has 8 heteroatoms. The molecule has 0 bridgehead atoms. The summed E-state index contributed by atoms with van der Waals surface area (Å²) in [5, 5.41) is 23.3. The molecule has 0 unspecified atom stereocenters. The summed E-state index contributed by atoms with van der Waals surface area (Å²) >= 11 is 0. The van der Waals surface area contributed by atoms with Crippen molar-refractivity contribution >= 4 is 17.8 Å². The van der Waals surface area contributed by atoms with E-state index in [1.54, 1.807) is 0 Å². The van der Waals surface area contributed by atoms with Crippen LogP contribution in [0.15, 0.2) is 0 Å². The smallest absolute Gasteiger partial charge is 0.550 e. The predicted molar refractivity (Wildman–Crippen MR) is 87.6 cm³/mol. The molecule has 0 aliphatic heterocycles. The van der Waals surface area contributed by atoms with Crippen LogP contribution in [0.25, 0.3) is 0 Å². The molecule has 0 aromatic rings. The Kier molecular flexibility index (Phi) is 26.0. The molecule has 1 N–H and O–H groups in total. The fourth-order valence-electron chi connectivity index (χ4n) is 2.58. The zero-order valence-corrected chi connectivity index (χ0v) is 20.8. The molecule has 0 radical (unpaired) electrons. The van der Waals surface area contributed by atoms with E-state index < -0.39 is 30.3 Å². The fourth-order valence-corrected chi connectivity index (χ4v) is 2.58. The van der Waals surface area contributed by atoms with Crippen LogP contribution in [-0.4, -0.2) is 23.9 Å². The Morgan fingerprint density at radius 3 is 1.58 bits per heavy atom. The predicted octanol–water partition coefficient (Wildman–Crippen LogP) is -4.93. The average Bonchev–Trinajstić information content (AvgIpc) is 2.51. The molecule has 0 saturated carbocycles. The number of unbranched alkanes of at least 4 members (excludes halogenated alkanes) is 10. The summed E-state index contributed by atoms with van der Waals surface area (Å²) in [4.78, 5) is 32.7. The second-order valence-electron chi connectivity index (χ2n) is 6.30. The van der Waals surface area contributed by atoms with Gasteiger partial charge >= 0.3 is 59.1 Å². The number of nitrogens with one attached hydrogen (secondary N) is 1. The van der Waals surface area contributed by atoms with Gasteiger partial charge in [0.25, 0.3) is 0 Å². The Labute approximate surface area is 201 Å². The molecule has 0 fully saturated rings. The average molecular weight is 387 g/mol. The summed E-state index contributed by atoms with van der Waals surface area (Å²) in [5.41, 5.74) is 0. The van der Waals surface area contributed by atoms with Crippen molar-refractivity contribution in [3.63, 3.8) is 0 Å². The monoisotopic (exact) mass is 387 g/mol. The van der Waals surface area contributed by atoms with Crippen LogP contribution in [0.5, 0.6) is 0 Å². The first-order valence-electron chi connectivity index (χ1n) is 9.17. The van der Waals surface area contributed by atoms with Gasteiger partial charge in [-0.25, -0.2) is 0 Å². The third kappa shape index (κ3) is 20.7. The molecule has 1 atom stereocenters. The van der Waals surface area contributed by atoms with Gasteiger partial charge in [0.15, 0.2) is 0 Å². The summed E-state index contributed by atoms with van der Waals surface area (Å²) in [7, 11) is 0. The first-order chi connectivity index (χ1) is 11.5. The number of hydrogen-bond donors (Lipinski definition) is 1. The molecule has 0 aliphatic rings. The Balaban J connectivity index is -0.00000264. The zero-order chi connectivity index (χ0) is 18.2. The Morgan fingerprint density at radius 1 is 0.769 bits per heavy atom. The zero-order valence-electron chi connectivity index (χ0n) is 16.8. The molecule has 0 heterocycles.